The molecule has 2 aromatic rings. The molecule has 1 spiro atoms. The van der Waals surface area contributed by atoms with E-state index < -0.39 is 16.7 Å². The van der Waals surface area contributed by atoms with E-state index in [0.29, 0.717) is 22.4 Å². The predicted molar refractivity (Wildman–Crippen MR) is 106 cm³/mol. The summed E-state index contributed by atoms with van der Waals surface area (Å²) >= 11 is 0. The van der Waals surface area contributed by atoms with Crippen LogP contribution in [0.4, 0.5) is 5.69 Å². The zero-order valence-electron chi connectivity index (χ0n) is 15.5. The largest absolute Gasteiger partial charge is 0.399 e. The van der Waals surface area contributed by atoms with Gasteiger partial charge in [0.25, 0.3) is 0 Å². The standard InChI is InChI=1S/C23H15N5O/c1-28-19-10-6-5-9-18(19)23(21(28)29)11-16(15-7-3-2-4-8-15)17(12-24)20(27)22(23,13-25)14-26/h2-11H,27H2,1H3. The van der Waals surface area contributed by atoms with Crippen LogP contribution in [0.15, 0.2) is 71.9 Å². The van der Waals surface area contributed by atoms with Crippen molar-refractivity contribution in [1.29, 1.82) is 15.8 Å². The van der Waals surface area contributed by atoms with E-state index in [2.05, 4.69) is 0 Å². The van der Waals surface area contributed by atoms with Crippen LogP contribution in [0.3, 0.4) is 0 Å². The molecule has 0 fully saturated rings. The van der Waals surface area contributed by atoms with Gasteiger partial charge in [0.2, 0.25) is 11.3 Å². The Kier molecular flexibility index (Phi) is 3.79. The number of nitriles is 3. The molecule has 0 aromatic heterocycles. The van der Waals surface area contributed by atoms with Crippen LogP contribution in [0.5, 0.6) is 0 Å². The summed E-state index contributed by atoms with van der Waals surface area (Å²) in [5.74, 6) is -0.435. The number of amides is 1. The van der Waals surface area contributed by atoms with Gasteiger partial charge in [0.05, 0.1) is 23.4 Å². The van der Waals surface area contributed by atoms with Crippen LogP contribution in [-0.4, -0.2) is 13.0 Å². The topological polar surface area (TPSA) is 118 Å². The number of rotatable bonds is 1. The molecule has 1 atom stereocenters. The van der Waals surface area contributed by atoms with Crippen LogP contribution in [0.2, 0.25) is 0 Å². The zero-order valence-corrected chi connectivity index (χ0v) is 15.5. The van der Waals surface area contributed by atoms with Gasteiger partial charge >= 0.3 is 0 Å². The number of fused-ring (bicyclic) bond motifs is 2. The third-order valence-corrected chi connectivity index (χ3v) is 5.76. The van der Waals surface area contributed by atoms with Crippen molar-refractivity contribution in [3.05, 3.63) is 83.1 Å². The second-order valence-electron chi connectivity index (χ2n) is 6.99. The Labute approximate surface area is 168 Å². The van der Waals surface area contributed by atoms with Crippen LogP contribution in [0.1, 0.15) is 11.1 Å². The quantitative estimate of drug-likeness (QED) is 0.820. The van der Waals surface area contributed by atoms with Gasteiger partial charge in [-0.15, -0.1) is 0 Å². The fourth-order valence-corrected chi connectivity index (χ4v) is 4.32. The maximum atomic E-state index is 13.6. The molecular formula is C23H15N5O. The third-order valence-electron chi connectivity index (χ3n) is 5.76. The lowest BCUT2D eigenvalue weighted by Crippen LogP contribution is -2.54. The molecule has 29 heavy (non-hydrogen) atoms. The smallest absolute Gasteiger partial charge is 0.244 e. The minimum absolute atomic E-state index is 0.0322. The maximum Gasteiger partial charge on any atom is 0.244 e. The average molecular weight is 377 g/mol. The molecule has 0 radical (unpaired) electrons. The van der Waals surface area contributed by atoms with E-state index in [1.165, 1.54) is 4.90 Å². The van der Waals surface area contributed by atoms with Gasteiger partial charge in [0.1, 0.15) is 11.5 Å². The van der Waals surface area contributed by atoms with E-state index >= 15 is 0 Å². The lowest BCUT2D eigenvalue weighted by atomic mass is 9.55. The number of carbonyl (C=O) groups excluding carboxylic acids is 1. The lowest BCUT2D eigenvalue weighted by Gasteiger charge is -2.40. The molecule has 4 rings (SSSR count). The van der Waals surface area contributed by atoms with Crippen molar-refractivity contribution in [3.63, 3.8) is 0 Å². The minimum atomic E-state index is -2.05. The van der Waals surface area contributed by atoms with E-state index in [4.69, 9.17) is 5.73 Å². The molecule has 1 unspecified atom stereocenters. The molecule has 2 N–H and O–H groups in total. The maximum absolute atomic E-state index is 13.6. The summed E-state index contributed by atoms with van der Waals surface area (Å²) in [7, 11) is 1.60. The second-order valence-corrected chi connectivity index (χ2v) is 6.99. The fraction of sp³-hybridized carbons (Fsp3) is 0.130. The molecule has 2 aromatic carbocycles. The summed E-state index contributed by atoms with van der Waals surface area (Å²) in [6, 6.07) is 22.1. The van der Waals surface area contributed by atoms with E-state index in [1.807, 2.05) is 24.3 Å². The second kappa shape index (κ2) is 6.09. The van der Waals surface area contributed by atoms with Gasteiger partial charge in [-0.2, -0.15) is 15.8 Å². The molecule has 1 aliphatic heterocycles. The first-order valence-electron chi connectivity index (χ1n) is 8.87. The Morgan fingerprint density at radius 1 is 0.966 bits per heavy atom. The van der Waals surface area contributed by atoms with Crippen molar-refractivity contribution in [1.82, 2.24) is 0 Å². The number of para-hydroxylation sites is 1. The van der Waals surface area contributed by atoms with Crippen molar-refractivity contribution < 1.29 is 4.79 Å². The molecule has 0 saturated carbocycles. The number of carbonyl (C=O) groups is 1. The molecule has 2 aliphatic rings. The normalized spacial score (nSPS) is 21.8. The highest BCUT2D eigenvalue weighted by Crippen LogP contribution is 2.58. The van der Waals surface area contributed by atoms with Gasteiger partial charge in [-0.25, -0.2) is 0 Å². The number of nitrogens with zero attached hydrogens (tertiary/aromatic N) is 4. The lowest BCUT2D eigenvalue weighted by molar-refractivity contribution is -0.123. The number of benzene rings is 2. The molecule has 1 heterocycles. The van der Waals surface area contributed by atoms with Gasteiger partial charge in [0, 0.05) is 12.7 Å². The monoisotopic (exact) mass is 377 g/mol. The number of likely N-dealkylation sites (N-methyl/N-ethyl adjacent to an activating group) is 1. The molecular weight excluding hydrogens is 362 g/mol. The molecule has 1 amide bonds. The van der Waals surface area contributed by atoms with Crippen molar-refractivity contribution in [2.24, 2.45) is 11.1 Å². The summed E-state index contributed by atoms with van der Waals surface area (Å²) in [5, 5.41) is 30.1. The molecule has 1 aliphatic carbocycles. The van der Waals surface area contributed by atoms with Crippen LogP contribution in [0, 0.1) is 39.4 Å². The van der Waals surface area contributed by atoms with Crippen LogP contribution >= 0.6 is 0 Å². The first-order chi connectivity index (χ1) is 14.0. The third kappa shape index (κ3) is 1.99. The first-order valence-corrected chi connectivity index (χ1v) is 8.87. The fourth-order valence-electron chi connectivity index (χ4n) is 4.32. The summed E-state index contributed by atoms with van der Waals surface area (Å²) in [5.41, 5.74) is 4.69. The Morgan fingerprint density at radius 2 is 1.59 bits per heavy atom. The number of hydrogen-bond acceptors (Lipinski definition) is 5. The summed E-state index contributed by atoms with van der Waals surface area (Å²) in [6.45, 7) is 0. The zero-order chi connectivity index (χ0) is 20.8. The molecule has 6 heteroatoms. The highest BCUT2D eigenvalue weighted by atomic mass is 16.2. The van der Waals surface area contributed by atoms with Crippen LogP contribution in [-0.2, 0) is 10.2 Å². The molecule has 0 bridgehead atoms. The minimum Gasteiger partial charge on any atom is -0.399 e. The van der Waals surface area contributed by atoms with Crippen LogP contribution < -0.4 is 10.6 Å². The molecule has 6 nitrogen and oxygen atoms in total. The molecule has 138 valence electrons. The average Bonchev–Trinajstić information content (AvgIpc) is 2.98. The molecule has 0 saturated heterocycles. The van der Waals surface area contributed by atoms with Gasteiger partial charge in [-0.05, 0) is 22.8 Å². The summed E-state index contributed by atoms with van der Waals surface area (Å²) < 4.78 is 0. The summed E-state index contributed by atoms with van der Waals surface area (Å²) in [4.78, 5) is 15.0. The van der Waals surface area contributed by atoms with Crippen LogP contribution in [0.25, 0.3) is 5.57 Å². The number of anilines is 1. The Balaban J connectivity index is 2.19. The Morgan fingerprint density at radius 3 is 2.21 bits per heavy atom. The Bertz CT molecular complexity index is 1220. The number of allylic oxidation sites excluding steroid dienone is 3. The van der Waals surface area contributed by atoms with Crippen molar-refractivity contribution >= 4 is 17.2 Å². The first kappa shape index (κ1) is 18.0. The summed E-state index contributed by atoms with van der Waals surface area (Å²) in [6.07, 6.45) is 1.58. The van der Waals surface area contributed by atoms with Gasteiger partial charge in [-0.3, -0.25) is 4.79 Å². The highest BCUT2D eigenvalue weighted by Gasteiger charge is 2.66. The SMILES string of the molecule is CN1C(=O)C2(C=C(c3ccccc3)C(C#N)=C(N)C2(C#N)C#N)c2ccccc21. The van der Waals surface area contributed by atoms with E-state index in [1.54, 1.807) is 61.7 Å². The van der Waals surface area contributed by atoms with Crippen molar-refractivity contribution in [2.45, 2.75) is 5.41 Å². The van der Waals surface area contributed by atoms with E-state index in [9.17, 15) is 20.6 Å². The number of hydrogen-bond donors (Lipinski definition) is 1. The van der Waals surface area contributed by atoms with E-state index in [-0.39, 0.29) is 11.3 Å². The predicted octanol–water partition coefficient (Wildman–Crippen LogP) is 2.77. The Hall–Kier alpha value is -4.34. The van der Waals surface area contributed by atoms with Gasteiger partial charge in [0.15, 0.2) is 0 Å². The van der Waals surface area contributed by atoms with Gasteiger partial charge < -0.3 is 10.6 Å². The number of nitrogens with two attached hydrogens (primary N) is 1. The van der Waals surface area contributed by atoms with Gasteiger partial charge in [-0.1, -0.05) is 54.6 Å². The van der Waals surface area contributed by atoms with Crippen molar-refractivity contribution in [3.8, 4) is 18.2 Å². The highest BCUT2D eigenvalue weighted by molar-refractivity contribution is 6.13. The van der Waals surface area contributed by atoms with Crippen molar-refractivity contribution in [2.75, 3.05) is 11.9 Å². The van der Waals surface area contributed by atoms with E-state index in [0.717, 1.165) is 0 Å².